The van der Waals surface area contributed by atoms with Crippen LogP contribution in [-0.2, 0) is 0 Å². The van der Waals surface area contributed by atoms with Gasteiger partial charge in [0.25, 0.3) is 0 Å². The zero-order valence-electron chi connectivity index (χ0n) is 5.74. The van der Waals surface area contributed by atoms with E-state index in [2.05, 4.69) is 11.8 Å². The molecule has 0 aliphatic heterocycles. The SMILES string of the molecule is CCN([13CH2][13CH2]Cl)[13CH2][13CH2]Cl. The van der Waals surface area contributed by atoms with Crippen molar-refractivity contribution in [1.82, 2.24) is 4.90 Å². The van der Waals surface area contributed by atoms with E-state index in [0.29, 0.717) is 11.8 Å². The van der Waals surface area contributed by atoms with Gasteiger partial charge in [-0.15, -0.1) is 23.2 Å². The van der Waals surface area contributed by atoms with Crippen LogP contribution in [0.1, 0.15) is 6.92 Å². The Morgan fingerprint density at radius 3 is 1.78 bits per heavy atom. The van der Waals surface area contributed by atoms with E-state index >= 15 is 0 Å². The summed E-state index contributed by atoms with van der Waals surface area (Å²) < 4.78 is 0. The summed E-state index contributed by atoms with van der Waals surface area (Å²) in [5.41, 5.74) is 0. The largest absolute Gasteiger partial charge is 0.301 e. The smallest absolute Gasteiger partial charge is 0.0351 e. The van der Waals surface area contributed by atoms with Gasteiger partial charge in [0, 0.05) is 24.8 Å². The minimum Gasteiger partial charge on any atom is -0.301 e. The summed E-state index contributed by atoms with van der Waals surface area (Å²) in [5.74, 6) is 1.40. The summed E-state index contributed by atoms with van der Waals surface area (Å²) >= 11 is 11.1. The zero-order chi connectivity index (χ0) is 7.11. The number of nitrogens with zero attached hydrogens (tertiary/aromatic N) is 1. The second-order valence-corrected chi connectivity index (χ2v) is 2.57. The Labute approximate surface area is 66.9 Å². The maximum Gasteiger partial charge on any atom is 0.0351 e. The lowest BCUT2D eigenvalue weighted by Gasteiger charge is -2.16. The van der Waals surface area contributed by atoms with E-state index in [1.165, 1.54) is 0 Å². The highest BCUT2D eigenvalue weighted by molar-refractivity contribution is 6.18. The highest BCUT2D eigenvalue weighted by Gasteiger charge is 1.97. The Hall–Kier alpha value is 0.540. The number of rotatable bonds is 5. The minimum absolute atomic E-state index is 0.699. The van der Waals surface area contributed by atoms with Crippen molar-refractivity contribution in [2.75, 3.05) is 31.4 Å². The molecule has 0 heterocycles. The number of halogens is 2. The van der Waals surface area contributed by atoms with Gasteiger partial charge in [0.05, 0.1) is 0 Å². The van der Waals surface area contributed by atoms with Gasteiger partial charge in [0.2, 0.25) is 0 Å². The van der Waals surface area contributed by atoms with Crippen LogP contribution >= 0.6 is 23.2 Å². The second kappa shape index (κ2) is 6.66. The van der Waals surface area contributed by atoms with Crippen LogP contribution in [0.4, 0.5) is 0 Å². The lowest BCUT2D eigenvalue weighted by atomic mass is 10.8. The summed E-state index contributed by atoms with van der Waals surface area (Å²) in [4.78, 5) is 2.22. The monoisotopic (exact) mass is 173 g/mol. The number of hydrogen-bond donors (Lipinski definition) is 0. The minimum atomic E-state index is 0.699. The Morgan fingerprint density at radius 1 is 1.11 bits per heavy atom. The van der Waals surface area contributed by atoms with E-state index in [0.717, 1.165) is 19.6 Å². The first-order valence-electron chi connectivity index (χ1n) is 3.19. The van der Waals surface area contributed by atoms with Crippen molar-refractivity contribution in [2.45, 2.75) is 6.92 Å². The molecule has 0 atom stereocenters. The topological polar surface area (TPSA) is 3.24 Å². The predicted molar refractivity (Wildman–Crippen MR) is 43.6 cm³/mol. The first-order valence-corrected chi connectivity index (χ1v) is 4.26. The maximum atomic E-state index is 5.53. The molecule has 9 heavy (non-hydrogen) atoms. The summed E-state index contributed by atoms with van der Waals surface area (Å²) in [6, 6.07) is 0. The van der Waals surface area contributed by atoms with E-state index in [1.54, 1.807) is 0 Å². The van der Waals surface area contributed by atoms with Crippen LogP contribution in [0.15, 0.2) is 0 Å². The molecule has 0 spiro atoms. The third-order valence-electron chi connectivity index (χ3n) is 1.25. The van der Waals surface area contributed by atoms with Crippen molar-refractivity contribution in [3.8, 4) is 0 Å². The highest BCUT2D eigenvalue weighted by atomic mass is 35.5. The van der Waals surface area contributed by atoms with E-state index in [9.17, 15) is 0 Å². The van der Waals surface area contributed by atoms with E-state index in [-0.39, 0.29) is 0 Å². The van der Waals surface area contributed by atoms with Gasteiger partial charge in [0.15, 0.2) is 0 Å². The van der Waals surface area contributed by atoms with Crippen LogP contribution in [0.5, 0.6) is 0 Å². The van der Waals surface area contributed by atoms with Crippen LogP contribution in [0, 0.1) is 0 Å². The Kier molecular flexibility index (Phi) is 7.06. The van der Waals surface area contributed by atoms with Gasteiger partial charge < -0.3 is 4.90 Å². The first kappa shape index (κ1) is 9.54. The maximum absolute atomic E-state index is 5.53. The lowest BCUT2D eigenvalue weighted by molar-refractivity contribution is 0.325. The predicted octanol–water partition coefficient (Wildman–Crippen LogP) is 1.79. The molecule has 0 aromatic rings. The Bertz CT molecular complexity index is 53.0. The molecular formula is C6H13Cl2N. The van der Waals surface area contributed by atoms with Crippen molar-refractivity contribution >= 4 is 23.2 Å². The molecule has 1 nitrogen and oxygen atoms in total. The van der Waals surface area contributed by atoms with E-state index < -0.39 is 0 Å². The normalized spacial score (nSPS) is 10.7. The summed E-state index contributed by atoms with van der Waals surface area (Å²) in [5, 5.41) is 0. The Balaban J connectivity index is 3.18. The molecule has 0 N–H and O–H groups in total. The molecule has 0 radical (unpaired) electrons. The molecule has 56 valence electrons. The van der Waals surface area contributed by atoms with Crippen LogP contribution < -0.4 is 0 Å². The van der Waals surface area contributed by atoms with Gasteiger partial charge >= 0.3 is 0 Å². The fourth-order valence-electron chi connectivity index (χ4n) is 0.667. The van der Waals surface area contributed by atoms with Gasteiger partial charge in [-0.2, -0.15) is 0 Å². The molecule has 0 aliphatic carbocycles. The molecule has 0 aromatic carbocycles. The molecule has 0 amide bonds. The van der Waals surface area contributed by atoms with E-state index in [4.69, 9.17) is 23.2 Å². The fourth-order valence-corrected chi connectivity index (χ4v) is 1.15. The molecule has 0 saturated heterocycles. The summed E-state index contributed by atoms with van der Waals surface area (Å²) in [6.07, 6.45) is 0. The van der Waals surface area contributed by atoms with Gasteiger partial charge in [-0.1, -0.05) is 6.92 Å². The first-order chi connectivity index (χ1) is 4.35. The van der Waals surface area contributed by atoms with Crippen LogP contribution in [-0.4, -0.2) is 36.3 Å². The highest BCUT2D eigenvalue weighted by Crippen LogP contribution is 1.89. The third kappa shape index (κ3) is 5.01. The molecule has 0 bridgehead atoms. The fraction of sp³-hybridized carbons (Fsp3) is 1.00. The number of alkyl halides is 2. The van der Waals surface area contributed by atoms with Crippen LogP contribution in [0.3, 0.4) is 0 Å². The Morgan fingerprint density at radius 2 is 1.56 bits per heavy atom. The molecule has 0 unspecified atom stereocenters. The van der Waals surface area contributed by atoms with Gasteiger partial charge in [-0.05, 0) is 6.54 Å². The van der Waals surface area contributed by atoms with Gasteiger partial charge in [-0.3, -0.25) is 0 Å². The van der Waals surface area contributed by atoms with Crippen molar-refractivity contribution in [2.24, 2.45) is 0 Å². The van der Waals surface area contributed by atoms with Crippen LogP contribution in [0.2, 0.25) is 0 Å². The van der Waals surface area contributed by atoms with Crippen molar-refractivity contribution in [3.63, 3.8) is 0 Å². The molecule has 0 rings (SSSR count). The molecule has 0 aromatic heterocycles. The third-order valence-corrected chi connectivity index (χ3v) is 1.59. The quantitative estimate of drug-likeness (QED) is 0.453. The average molecular weight is 174 g/mol. The van der Waals surface area contributed by atoms with Gasteiger partial charge in [0.1, 0.15) is 0 Å². The summed E-state index contributed by atoms with van der Waals surface area (Å²) in [7, 11) is 0. The molecule has 3 heteroatoms. The lowest BCUT2D eigenvalue weighted by Crippen LogP contribution is -2.27. The molecule has 0 aliphatic rings. The standard InChI is InChI=1S/C6H13Cl2N/c1-2-9(5-3-7)6-4-8/h2-6H2,1H3/i3+1,4+1,5+1,6+1. The molecular weight excluding hydrogens is 161 g/mol. The van der Waals surface area contributed by atoms with Crippen molar-refractivity contribution < 1.29 is 0 Å². The average Bonchev–Trinajstić information content (AvgIpc) is 1.88. The number of hydrogen-bond acceptors (Lipinski definition) is 1. The molecule has 0 saturated carbocycles. The van der Waals surface area contributed by atoms with Gasteiger partial charge in [-0.25, -0.2) is 0 Å². The van der Waals surface area contributed by atoms with Crippen molar-refractivity contribution in [3.05, 3.63) is 0 Å². The van der Waals surface area contributed by atoms with E-state index in [1.807, 2.05) is 0 Å². The second-order valence-electron chi connectivity index (χ2n) is 1.81. The zero-order valence-corrected chi connectivity index (χ0v) is 7.25. The summed E-state index contributed by atoms with van der Waals surface area (Å²) in [6.45, 7) is 5.05. The molecule has 0 fully saturated rings. The van der Waals surface area contributed by atoms with Crippen LogP contribution in [0.25, 0.3) is 0 Å². The van der Waals surface area contributed by atoms with Crippen molar-refractivity contribution in [1.29, 1.82) is 0 Å².